The van der Waals surface area contributed by atoms with Gasteiger partial charge >= 0.3 is 0 Å². The molecule has 13 nitrogen and oxygen atoms in total. The largest absolute Gasteiger partial charge is 0.392 e. The predicted octanol–water partition coefficient (Wildman–Crippen LogP) is 6.22. The monoisotopic (exact) mass is 833 g/mol. The average molecular weight is 834 g/mol. The Labute approximate surface area is 351 Å². The lowest BCUT2D eigenvalue weighted by Gasteiger charge is -2.44. The second-order valence-electron chi connectivity index (χ2n) is 15.5. The van der Waals surface area contributed by atoms with Crippen LogP contribution in [0.5, 0.6) is 0 Å². The third kappa shape index (κ3) is 10.6. The Morgan fingerprint density at radius 3 is 2.08 bits per heavy atom. The highest BCUT2D eigenvalue weighted by molar-refractivity contribution is 7.89. The molecule has 1 amide bonds. The van der Waals surface area contributed by atoms with Crippen LogP contribution in [-0.4, -0.2) is 74.1 Å². The third-order valence-electron chi connectivity index (χ3n) is 11.3. The maximum Gasteiger partial charge on any atom is 0.269 e. The molecule has 2 aliphatic rings. The zero-order chi connectivity index (χ0) is 42.2. The summed E-state index contributed by atoms with van der Waals surface area (Å²) < 4.78 is 42.8. The topological polar surface area (TPSA) is 164 Å². The van der Waals surface area contributed by atoms with Gasteiger partial charge in [0, 0.05) is 68.6 Å². The van der Waals surface area contributed by atoms with Crippen LogP contribution in [0, 0.1) is 23.0 Å². The number of benzene rings is 5. The van der Waals surface area contributed by atoms with Crippen LogP contribution in [0.25, 0.3) is 0 Å². The van der Waals surface area contributed by atoms with E-state index in [1.807, 2.05) is 85.8 Å². The number of aliphatic hydroxyl groups is 1. The lowest BCUT2D eigenvalue weighted by Crippen LogP contribution is -2.51. The van der Waals surface area contributed by atoms with Gasteiger partial charge in [0.1, 0.15) is 6.04 Å². The number of carbonyl (C=O) groups excluding carboxylic acids is 1. The van der Waals surface area contributed by atoms with E-state index in [1.54, 1.807) is 36.4 Å². The van der Waals surface area contributed by atoms with Crippen LogP contribution in [-0.2, 0) is 43.9 Å². The molecule has 0 aromatic heterocycles. The molecule has 0 spiro atoms. The summed E-state index contributed by atoms with van der Waals surface area (Å²) in [6, 6.07) is 36.9. The average Bonchev–Trinajstić information content (AvgIpc) is 3.27. The molecule has 0 aliphatic carbocycles. The number of nitro benzene ring substituents is 1. The highest BCUT2D eigenvalue weighted by Gasteiger charge is 2.39. The van der Waals surface area contributed by atoms with E-state index in [0.29, 0.717) is 6.54 Å². The Morgan fingerprint density at radius 2 is 1.45 bits per heavy atom. The fraction of sp³-hybridized carbons (Fsp3) is 0.326. The van der Waals surface area contributed by atoms with Crippen molar-refractivity contribution in [3.05, 3.63) is 171 Å². The molecule has 2 heterocycles. The summed E-state index contributed by atoms with van der Waals surface area (Å²) in [5.74, 6) is -0.450. The highest BCUT2D eigenvalue weighted by Crippen LogP contribution is 2.42. The first-order valence-electron chi connectivity index (χ1n) is 20.2. The first-order chi connectivity index (χ1) is 28.9. The van der Waals surface area contributed by atoms with E-state index in [4.69, 9.17) is 9.47 Å². The summed E-state index contributed by atoms with van der Waals surface area (Å²) >= 11 is 0. The number of carbonyl (C=O) groups is 1. The lowest BCUT2D eigenvalue weighted by molar-refractivity contribution is -0.384. The van der Waals surface area contributed by atoms with Gasteiger partial charge in [-0.3, -0.25) is 19.8 Å². The molecule has 5 atom stereocenters. The molecule has 14 heteroatoms. The second-order valence-corrected chi connectivity index (χ2v) is 17.2. The third-order valence-corrected chi connectivity index (χ3v) is 12.8. The number of hydrogen-bond acceptors (Lipinski definition) is 10. The fourth-order valence-electron chi connectivity index (χ4n) is 7.67. The van der Waals surface area contributed by atoms with Crippen molar-refractivity contribution >= 4 is 27.3 Å². The molecule has 0 bridgehead atoms. The maximum atomic E-state index is 13.6. The van der Waals surface area contributed by atoms with Gasteiger partial charge in [0.2, 0.25) is 15.9 Å². The normalized spacial score (nSPS) is 20.4. The molecule has 2 fully saturated rings. The molecule has 3 N–H and O–H groups in total. The van der Waals surface area contributed by atoms with Crippen molar-refractivity contribution < 1.29 is 32.7 Å². The molecular formula is C46H51N5O8S. The van der Waals surface area contributed by atoms with Crippen LogP contribution in [0.1, 0.15) is 52.7 Å². The van der Waals surface area contributed by atoms with Gasteiger partial charge in [-0.1, -0.05) is 103 Å². The number of anilines is 1. The van der Waals surface area contributed by atoms with Crippen LogP contribution in [0.4, 0.5) is 11.4 Å². The van der Waals surface area contributed by atoms with Crippen molar-refractivity contribution in [3.63, 3.8) is 0 Å². The Bertz CT molecular complexity index is 2300. The number of nitro groups is 1. The molecule has 0 saturated carbocycles. The molecule has 314 valence electrons. The predicted molar refractivity (Wildman–Crippen MR) is 228 cm³/mol. The summed E-state index contributed by atoms with van der Waals surface area (Å²) in [5.41, 5.74) is 6.21. The molecule has 5 aromatic carbocycles. The van der Waals surface area contributed by atoms with Gasteiger partial charge in [-0.15, -0.1) is 0 Å². The van der Waals surface area contributed by atoms with E-state index < -0.39 is 28.3 Å². The Morgan fingerprint density at radius 1 is 0.817 bits per heavy atom. The summed E-state index contributed by atoms with van der Waals surface area (Å²) in [6.07, 6.45) is -0.967. The van der Waals surface area contributed by atoms with Crippen molar-refractivity contribution in [2.24, 2.45) is 5.92 Å². The number of non-ortho nitro benzene ring substituents is 1. The van der Waals surface area contributed by atoms with Gasteiger partial charge in [-0.25, -0.2) is 8.42 Å². The summed E-state index contributed by atoms with van der Waals surface area (Å²) in [5, 5.41) is 23.7. The summed E-state index contributed by atoms with van der Waals surface area (Å²) in [6.45, 7) is 7.96. The van der Waals surface area contributed by atoms with Gasteiger partial charge in [0.25, 0.3) is 5.69 Å². The van der Waals surface area contributed by atoms with Crippen LogP contribution >= 0.6 is 0 Å². The molecule has 7 rings (SSSR count). The van der Waals surface area contributed by atoms with Gasteiger partial charge in [0.05, 0.1) is 28.6 Å². The van der Waals surface area contributed by atoms with E-state index >= 15 is 0 Å². The molecule has 60 heavy (non-hydrogen) atoms. The molecular weight excluding hydrogens is 783 g/mol. The minimum atomic E-state index is -3.98. The van der Waals surface area contributed by atoms with Gasteiger partial charge in [-0.05, 0) is 59.9 Å². The minimum Gasteiger partial charge on any atom is -0.392 e. The molecule has 2 aliphatic heterocycles. The van der Waals surface area contributed by atoms with Crippen LogP contribution < -0.4 is 14.9 Å². The number of sulfonamides is 1. The second kappa shape index (κ2) is 19.3. The molecule has 0 radical (unpaired) electrons. The number of rotatable bonds is 15. The van der Waals surface area contributed by atoms with E-state index in [0.717, 1.165) is 65.2 Å². The number of ether oxygens (including phenoxy) is 2. The SMILES string of the molecule is Cc1ccc(S(=O)(=O)N[C@H](Cc2ccccc2)C(=O)NCc2ccc([C@H]3O[C@@H](CN4CCN(c5ccc([N+](=O)[O-])cc5)CC4)[C@@H](C)[C@@H](c4ccc(CO)cc4)O3)cc2)cc1. The van der Waals surface area contributed by atoms with Crippen LogP contribution in [0.2, 0.25) is 0 Å². The zero-order valence-electron chi connectivity index (χ0n) is 33.7. The number of nitrogens with zero attached hydrogens (tertiary/aromatic N) is 3. The number of piperazine rings is 1. The van der Waals surface area contributed by atoms with Crippen LogP contribution in [0.3, 0.4) is 0 Å². The van der Waals surface area contributed by atoms with E-state index in [9.17, 15) is 28.4 Å². The van der Waals surface area contributed by atoms with E-state index in [1.165, 1.54) is 12.1 Å². The number of nitrogens with one attached hydrogen (secondary N) is 2. The Balaban J connectivity index is 1.02. The standard InChI is InChI=1S/C46H51N5O8S/c1-32-8-22-41(23-9-32)60(56,57)48-42(28-34-6-4-3-5-7-34)45(53)47-29-35-10-16-38(17-11-35)46-58-43(33(2)44(59-46)37-14-12-36(31-52)13-15-37)30-49-24-26-50(27-25-49)39-18-20-40(21-19-39)51(54)55/h3-23,33,42-44,46,48,52H,24-31H2,1-2H3,(H,47,53)/t33-,42-,43+,44+,46+/m1/s1. The Hall–Kier alpha value is -5.48. The van der Waals surface area contributed by atoms with E-state index in [-0.39, 0.29) is 53.2 Å². The van der Waals surface area contributed by atoms with Crippen molar-refractivity contribution in [2.45, 2.75) is 62.9 Å². The summed E-state index contributed by atoms with van der Waals surface area (Å²) in [7, 11) is -3.98. The first-order valence-corrected chi connectivity index (χ1v) is 21.7. The fourth-order valence-corrected chi connectivity index (χ4v) is 8.87. The quantitative estimate of drug-likeness (QED) is 0.0816. The Kier molecular flexibility index (Phi) is 13.7. The number of aryl methyl sites for hydroxylation is 1. The summed E-state index contributed by atoms with van der Waals surface area (Å²) in [4.78, 5) is 29.1. The van der Waals surface area contributed by atoms with Gasteiger partial charge in [0.15, 0.2) is 6.29 Å². The van der Waals surface area contributed by atoms with Crippen molar-refractivity contribution in [1.82, 2.24) is 14.9 Å². The van der Waals surface area contributed by atoms with Gasteiger partial charge < -0.3 is 24.8 Å². The number of hydrogen-bond donors (Lipinski definition) is 3. The number of aliphatic hydroxyl groups excluding tert-OH is 1. The zero-order valence-corrected chi connectivity index (χ0v) is 34.5. The van der Waals surface area contributed by atoms with Crippen molar-refractivity contribution in [2.75, 3.05) is 37.6 Å². The highest BCUT2D eigenvalue weighted by atomic mass is 32.2. The molecule has 5 aromatic rings. The first kappa shape index (κ1) is 42.6. The van der Waals surface area contributed by atoms with Crippen LogP contribution in [0.15, 0.2) is 132 Å². The number of amides is 1. The maximum absolute atomic E-state index is 13.6. The molecule has 0 unspecified atom stereocenters. The molecule has 2 saturated heterocycles. The minimum absolute atomic E-state index is 0.00400. The lowest BCUT2D eigenvalue weighted by atomic mass is 9.90. The van der Waals surface area contributed by atoms with Crippen molar-refractivity contribution in [3.8, 4) is 0 Å². The smallest absolute Gasteiger partial charge is 0.269 e. The van der Waals surface area contributed by atoms with Gasteiger partial charge in [-0.2, -0.15) is 4.72 Å². The van der Waals surface area contributed by atoms with E-state index in [2.05, 4.69) is 26.8 Å². The van der Waals surface area contributed by atoms with Crippen molar-refractivity contribution in [1.29, 1.82) is 0 Å².